The SMILES string of the molecule is C=Nc1cc(OC)c(OC)cc1/C(=C\C)Oc1ccc(NC(=O)c2nn(-c3cncnc3C(C)C)cc2OCC)nc1. The van der Waals surface area contributed by atoms with E-state index < -0.39 is 5.91 Å². The molecule has 1 amide bonds. The summed E-state index contributed by atoms with van der Waals surface area (Å²) in [5.41, 5.74) is 2.78. The van der Waals surface area contributed by atoms with Gasteiger partial charge in [-0.2, -0.15) is 5.10 Å². The van der Waals surface area contributed by atoms with Crippen LogP contribution in [0.3, 0.4) is 0 Å². The Morgan fingerprint density at radius 3 is 2.50 bits per heavy atom. The number of methoxy groups -OCH3 is 2. The van der Waals surface area contributed by atoms with Crippen molar-refractivity contribution in [2.75, 3.05) is 26.1 Å². The van der Waals surface area contributed by atoms with Crippen molar-refractivity contribution in [2.45, 2.75) is 33.6 Å². The van der Waals surface area contributed by atoms with Crippen LogP contribution in [0.5, 0.6) is 23.0 Å². The highest BCUT2D eigenvalue weighted by atomic mass is 16.5. The van der Waals surface area contributed by atoms with Gasteiger partial charge in [-0.05, 0) is 50.8 Å². The number of pyridine rings is 1. The normalized spacial score (nSPS) is 11.3. The van der Waals surface area contributed by atoms with Crippen molar-refractivity contribution in [1.29, 1.82) is 0 Å². The molecule has 4 rings (SSSR count). The van der Waals surface area contributed by atoms with Crippen molar-refractivity contribution >= 4 is 29.9 Å². The van der Waals surface area contributed by atoms with Gasteiger partial charge in [-0.25, -0.2) is 19.6 Å². The Bertz CT molecular complexity index is 1600. The Kier molecular flexibility index (Phi) is 9.48. The fourth-order valence-corrected chi connectivity index (χ4v) is 4.14. The smallest absolute Gasteiger partial charge is 0.281 e. The number of hydrogen-bond donors (Lipinski definition) is 1. The van der Waals surface area contributed by atoms with Gasteiger partial charge >= 0.3 is 0 Å². The minimum absolute atomic E-state index is 0.103. The number of aromatic nitrogens is 5. The average Bonchev–Trinajstić information content (AvgIpc) is 3.44. The topological polar surface area (TPSA) is 135 Å². The van der Waals surface area contributed by atoms with E-state index >= 15 is 0 Å². The number of amides is 1. The van der Waals surface area contributed by atoms with Crippen LogP contribution >= 0.6 is 0 Å². The van der Waals surface area contributed by atoms with E-state index in [4.69, 9.17) is 18.9 Å². The molecular weight excluding hydrogens is 538 g/mol. The highest BCUT2D eigenvalue weighted by Crippen LogP contribution is 2.38. The first kappa shape index (κ1) is 29.7. The zero-order chi connectivity index (χ0) is 30.2. The number of hydrogen-bond acceptors (Lipinski definition) is 10. The van der Waals surface area contributed by atoms with Crippen LogP contribution in [0.25, 0.3) is 11.4 Å². The van der Waals surface area contributed by atoms with Crippen LogP contribution in [0.4, 0.5) is 11.5 Å². The molecule has 0 bridgehead atoms. The minimum atomic E-state index is -0.484. The lowest BCUT2D eigenvalue weighted by Crippen LogP contribution is -2.15. The summed E-state index contributed by atoms with van der Waals surface area (Å²) in [6, 6.07) is 6.80. The molecule has 42 heavy (non-hydrogen) atoms. The van der Waals surface area contributed by atoms with E-state index in [9.17, 15) is 4.79 Å². The minimum Gasteiger partial charge on any atom is -0.493 e. The van der Waals surface area contributed by atoms with Crippen molar-refractivity contribution in [1.82, 2.24) is 24.7 Å². The fourth-order valence-electron chi connectivity index (χ4n) is 4.14. The highest BCUT2D eigenvalue weighted by molar-refractivity contribution is 6.04. The number of aliphatic imine (C=N–C) groups is 1. The van der Waals surface area contributed by atoms with Crippen molar-refractivity contribution in [3.63, 3.8) is 0 Å². The van der Waals surface area contributed by atoms with Crippen molar-refractivity contribution in [3.05, 3.63) is 72.2 Å². The first-order valence-corrected chi connectivity index (χ1v) is 13.2. The molecule has 1 aromatic carbocycles. The molecule has 3 heterocycles. The number of ether oxygens (including phenoxy) is 4. The van der Waals surface area contributed by atoms with Crippen molar-refractivity contribution < 1.29 is 23.7 Å². The molecule has 0 radical (unpaired) electrons. The summed E-state index contributed by atoms with van der Waals surface area (Å²) in [6.07, 6.45) is 8.08. The summed E-state index contributed by atoms with van der Waals surface area (Å²) in [5, 5.41) is 7.26. The second kappa shape index (κ2) is 13.4. The summed E-state index contributed by atoms with van der Waals surface area (Å²) >= 11 is 0. The molecule has 12 nitrogen and oxygen atoms in total. The summed E-state index contributed by atoms with van der Waals surface area (Å²) in [6.45, 7) is 11.7. The molecule has 0 spiro atoms. The Balaban J connectivity index is 1.54. The largest absolute Gasteiger partial charge is 0.493 e. The van der Waals surface area contributed by atoms with Gasteiger partial charge in [-0.15, -0.1) is 0 Å². The number of anilines is 1. The summed E-state index contributed by atoms with van der Waals surface area (Å²) in [7, 11) is 3.10. The Labute approximate surface area is 244 Å². The lowest BCUT2D eigenvalue weighted by molar-refractivity contribution is 0.101. The lowest BCUT2D eigenvalue weighted by Gasteiger charge is -2.15. The van der Waals surface area contributed by atoms with Gasteiger partial charge in [0.05, 0.1) is 50.8 Å². The third-order valence-electron chi connectivity index (χ3n) is 6.12. The van der Waals surface area contributed by atoms with Crippen LogP contribution < -0.4 is 24.3 Å². The second-order valence-corrected chi connectivity index (χ2v) is 9.14. The molecule has 0 aliphatic rings. The van der Waals surface area contributed by atoms with Gasteiger partial charge in [-0.3, -0.25) is 9.79 Å². The lowest BCUT2D eigenvalue weighted by atomic mass is 10.1. The summed E-state index contributed by atoms with van der Waals surface area (Å²) in [4.78, 5) is 30.2. The molecule has 0 saturated carbocycles. The van der Waals surface area contributed by atoms with Crippen LogP contribution in [0, 0.1) is 0 Å². The molecule has 0 unspecified atom stereocenters. The molecule has 0 fully saturated rings. The van der Waals surface area contributed by atoms with Crippen LogP contribution in [0.1, 0.15) is 55.4 Å². The van der Waals surface area contributed by atoms with E-state index in [2.05, 4.69) is 37.1 Å². The van der Waals surface area contributed by atoms with E-state index in [1.807, 2.05) is 27.7 Å². The molecule has 12 heteroatoms. The maximum atomic E-state index is 13.2. The number of rotatable bonds is 12. The Morgan fingerprint density at radius 2 is 1.88 bits per heavy atom. The molecule has 0 atom stereocenters. The summed E-state index contributed by atoms with van der Waals surface area (Å²) in [5.74, 6) is 2.26. The summed E-state index contributed by atoms with van der Waals surface area (Å²) < 4.78 is 24.2. The first-order chi connectivity index (χ1) is 20.3. The number of nitrogens with zero attached hydrogens (tertiary/aromatic N) is 6. The van der Waals surface area contributed by atoms with Gasteiger partial charge in [0, 0.05) is 11.6 Å². The third kappa shape index (κ3) is 6.38. The van der Waals surface area contributed by atoms with Crippen molar-refractivity contribution in [3.8, 4) is 28.7 Å². The monoisotopic (exact) mass is 571 g/mol. The van der Waals surface area contributed by atoms with Gasteiger partial charge in [0.15, 0.2) is 22.9 Å². The third-order valence-corrected chi connectivity index (χ3v) is 6.12. The van der Waals surface area contributed by atoms with E-state index in [1.54, 1.807) is 61.6 Å². The number of carbonyl (C=O) groups is 1. The predicted octanol–water partition coefficient (Wildman–Crippen LogP) is 5.62. The number of nitrogens with one attached hydrogen (secondary N) is 1. The molecule has 1 N–H and O–H groups in total. The zero-order valence-electron chi connectivity index (χ0n) is 24.4. The van der Waals surface area contributed by atoms with Crippen LogP contribution in [0.2, 0.25) is 0 Å². The second-order valence-electron chi connectivity index (χ2n) is 9.14. The van der Waals surface area contributed by atoms with Gasteiger partial charge in [0.25, 0.3) is 5.91 Å². The molecule has 4 aromatic rings. The quantitative estimate of drug-likeness (QED) is 0.170. The highest BCUT2D eigenvalue weighted by Gasteiger charge is 2.22. The van der Waals surface area contributed by atoms with Gasteiger partial charge in [0.1, 0.15) is 29.3 Å². The predicted molar refractivity (Wildman–Crippen MR) is 160 cm³/mol. The van der Waals surface area contributed by atoms with Gasteiger partial charge < -0.3 is 24.3 Å². The van der Waals surface area contributed by atoms with Gasteiger partial charge in [-0.1, -0.05) is 13.8 Å². The standard InChI is InChI=1S/C30H33N7O5/c1-8-23(20-12-24(39-6)25(40-7)13-21(20)31-5)42-19-10-11-27(33-14-19)35-30(38)29-26(41-9-2)16-37(36-29)22-15-32-17-34-28(22)18(3)4/h8,10-18H,5,9H2,1-4,6-7H3,(H,33,35,38)/b23-8+. The fraction of sp³-hybridized carbons (Fsp3) is 0.267. The van der Waals surface area contributed by atoms with E-state index in [1.165, 1.54) is 12.5 Å². The molecule has 0 aliphatic heterocycles. The molecule has 0 aliphatic carbocycles. The van der Waals surface area contributed by atoms with E-state index in [-0.39, 0.29) is 11.6 Å². The number of benzene rings is 1. The van der Waals surface area contributed by atoms with Crippen molar-refractivity contribution in [2.24, 2.45) is 4.99 Å². The zero-order valence-corrected chi connectivity index (χ0v) is 24.4. The van der Waals surface area contributed by atoms with Crippen LogP contribution in [-0.4, -0.2) is 58.2 Å². The van der Waals surface area contributed by atoms with Crippen LogP contribution in [-0.2, 0) is 0 Å². The van der Waals surface area contributed by atoms with E-state index in [0.717, 1.165) is 5.69 Å². The van der Waals surface area contributed by atoms with E-state index in [0.29, 0.717) is 58.1 Å². The molecule has 0 saturated heterocycles. The van der Waals surface area contributed by atoms with Gasteiger partial charge in [0.2, 0.25) is 0 Å². The Hall–Kier alpha value is -5.26. The molecule has 3 aromatic heterocycles. The number of carbonyl (C=O) groups excluding carboxylic acids is 1. The number of allylic oxidation sites excluding steroid dienone is 1. The van der Waals surface area contributed by atoms with Crippen LogP contribution in [0.15, 0.2) is 60.3 Å². The maximum Gasteiger partial charge on any atom is 0.281 e. The Morgan fingerprint density at radius 1 is 1.12 bits per heavy atom. The first-order valence-electron chi connectivity index (χ1n) is 13.2. The molecule has 218 valence electrons. The maximum absolute atomic E-state index is 13.2. The average molecular weight is 572 g/mol. The molecular formula is C30H33N7O5.